The second kappa shape index (κ2) is 4.81. The SMILES string of the molecule is Cc1cccc(C)c1CC(N)C1(C)CCCC1. The third kappa shape index (κ3) is 2.55. The Morgan fingerprint density at radius 3 is 2.24 bits per heavy atom. The highest BCUT2D eigenvalue weighted by atomic mass is 14.7. The predicted octanol–water partition coefficient (Wildman–Crippen LogP) is 3.75. The molecule has 0 aliphatic heterocycles. The summed E-state index contributed by atoms with van der Waals surface area (Å²) in [7, 11) is 0. The van der Waals surface area contributed by atoms with Crippen LogP contribution >= 0.6 is 0 Å². The van der Waals surface area contributed by atoms with Gasteiger partial charge in [0.05, 0.1) is 0 Å². The molecule has 0 heterocycles. The van der Waals surface area contributed by atoms with E-state index < -0.39 is 0 Å². The molecule has 0 saturated heterocycles. The van der Waals surface area contributed by atoms with Gasteiger partial charge in [0.1, 0.15) is 0 Å². The van der Waals surface area contributed by atoms with E-state index in [1.807, 2.05) is 0 Å². The van der Waals surface area contributed by atoms with Crippen LogP contribution in [0.5, 0.6) is 0 Å². The summed E-state index contributed by atoms with van der Waals surface area (Å²) >= 11 is 0. The molecule has 1 fully saturated rings. The molecule has 0 aromatic heterocycles. The average molecular weight is 231 g/mol. The van der Waals surface area contributed by atoms with Gasteiger partial charge in [0.25, 0.3) is 0 Å². The third-order valence-electron chi connectivity index (χ3n) is 4.71. The zero-order valence-corrected chi connectivity index (χ0v) is 11.4. The molecule has 1 aliphatic rings. The van der Waals surface area contributed by atoms with Gasteiger partial charge in [0, 0.05) is 6.04 Å². The number of hydrogen-bond donors (Lipinski definition) is 1. The van der Waals surface area contributed by atoms with Crippen LogP contribution < -0.4 is 5.73 Å². The Labute approximate surface area is 105 Å². The van der Waals surface area contributed by atoms with E-state index in [4.69, 9.17) is 5.73 Å². The Bertz CT molecular complexity index is 368. The van der Waals surface area contributed by atoms with Crippen LogP contribution in [0.1, 0.15) is 49.3 Å². The summed E-state index contributed by atoms with van der Waals surface area (Å²) in [4.78, 5) is 0. The van der Waals surface area contributed by atoms with Crippen LogP contribution in [0, 0.1) is 19.3 Å². The van der Waals surface area contributed by atoms with Crippen LogP contribution in [0.15, 0.2) is 18.2 Å². The number of rotatable bonds is 3. The Hall–Kier alpha value is -0.820. The molecule has 0 radical (unpaired) electrons. The normalized spacial score (nSPS) is 20.5. The van der Waals surface area contributed by atoms with Crippen LogP contribution in [-0.2, 0) is 6.42 Å². The molecule has 1 heteroatoms. The highest BCUT2D eigenvalue weighted by Crippen LogP contribution is 2.41. The molecule has 1 saturated carbocycles. The second-order valence-corrected chi connectivity index (χ2v) is 6.04. The highest BCUT2D eigenvalue weighted by Gasteiger charge is 2.34. The standard InChI is InChI=1S/C16H25N/c1-12-7-6-8-13(2)14(12)11-15(17)16(3)9-4-5-10-16/h6-8,15H,4-5,9-11,17H2,1-3H3. The summed E-state index contributed by atoms with van der Waals surface area (Å²) in [6.07, 6.45) is 6.36. The molecule has 2 rings (SSSR count). The van der Waals surface area contributed by atoms with Crippen molar-refractivity contribution in [3.63, 3.8) is 0 Å². The molecular formula is C16H25N. The minimum absolute atomic E-state index is 0.310. The first-order chi connectivity index (χ1) is 8.03. The van der Waals surface area contributed by atoms with E-state index in [2.05, 4.69) is 39.0 Å². The topological polar surface area (TPSA) is 26.0 Å². The van der Waals surface area contributed by atoms with Crippen molar-refractivity contribution in [3.8, 4) is 0 Å². The van der Waals surface area contributed by atoms with Crippen molar-refractivity contribution in [3.05, 3.63) is 34.9 Å². The van der Waals surface area contributed by atoms with Gasteiger partial charge < -0.3 is 5.73 Å². The van der Waals surface area contributed by atoms with Crippen LogP contribution in [0.25, 0.3) is 0 Å². The molecule has 1 aromatic carbocycles. The highest BCUT2D eigenvalue weighted by molar-refractivity contribution is 5.34. The lowest BCUT2D eigenvalue weighted by molar-refractivity contribution is 0.260. The van der Waals surface area contributed by atoms with Crippen molar-refractivity contribution < 1.29 is 0 Å². The fourth-order valence-electron chi connectivity index (χ4n) is 3.19. The van der Waals surface area contributed by atoms with Crippen LogP contribution in [-0.4, -0.2) is 6.04 Å². The summed E-state index contributed by atoms with van der Waals surface area (Å²) in [6, 6.07) is 6.85. The van der Waals surface area contributed by atoms with E-state index in [0.29, 0.717) is 11.5 Å². The molecule has 17 heavy (non-hydrogen) atoms. The van der Waals surface area contributed by atoms with Crippen molar-refractivity contribution in [2.45, 2.75) is 58.9 Å². The van der Waals surface area contributed by atoms with Gasteiger partial charge in [0.2, 0.25) is 0 Å². The fourth-order valence-corrected chi connectivity index (χ4v) is 3.19. The molecule has 1 nitrogen and oxygen atoms in total. The maximum atomic E-state index is 6.48. The van der Waals surface area contributed by atoms with Crippen molar-refractivity contribution >= 4 is 0 Å². The van der Waals surface area contributed by atoms with E-state index in [1.165, 1.54) is 42.4 Å². The van der Waals surface area contributed by atoms with E-state index >= 15 is 0 Å². The lowest BCUT2D eigenvalue weighted by atomic mass is 9.77. The zero-order chi connectivity index (χ0) is 12.5. The molecule has 0 bridgehead atoms. The quantitative estimate of drug-likeness (QED) is 0.842. The molecule has 1 unspecified atom stereocenters. The maximum Gasteiger partial charge on any atom is 0.0134 e. The van der Waals surface area contributed by atoms with Gasteiger partial charge in [-0.3, -0.25) is 0 Å². The minimum Gasteiger partial charge on any atom is -0.327 e. The Morgan fingerprint density at radius 2 is 1.71 bits per heavy atom. The van der Waals surface area contributed by atoms with Gasteiger partial charge in [-0.05, 0) is 55.2 Å². The number of hydrogen-bond acceptors (Lipinski definition) is 1. The largest absolute Gasteiger partial charge is 0.327 e. The van der Waals surface area contributed by atoms with Crippen molar-refractivity contribution in [1.82, 2.24) is 0 Å². The lowest BCUT2D eigenvalue weighted by Crippen LogP contribution is -2.39. The smallest absolute Gasteiger partial charge is 0.0134 e. The van der Waals surface area contributed by atoms with Gasteiger partial charge in [-0.25, -0.2) is 0 Å². The Balaban J connectivity index is 2.15. The summed E-state index contributed by atoms with van der Waals surface area (Å²) in [5.74, 6) is 0. The third-order valence-corrected chi connectivity index (χ3v) is 4.71. The first-order valence-electron chi connectivity index (χ1n) is 6.83. The molecule has 0 spiro atoms. The first kappa shape index (κ1) is 12.6. The monoisotopic (exact) mass is 231 g/mol. The molecular weight excluding hydrogens is 206 g/mol. The van der Waals surface area contributed by atoms with Crippen LogP contribution in [0.3, 0.4) is 0 Å². The molecule has 94 valence electrons. The fraction of sp³-hybridized carbons (Fsp3) is 0.625. The molecule has 1 aromatic rings. The number of benzene rings is 1. The Kier molecular flexibility index (Phi) is 3.58. The predicted molar refractivity (Wildman–Crippen MR) is 74.2 cm³/mol. The van der Waals surface area contributed by atoms with Crippen LogP contribution in [0.2, 0.25) is 0 Å². The van der Waals surface area contributed by atoms with Gasteiger partial charge in [-0.15, -0.1) is 0 Å². The van der Waals surface area contributed by atoms with E-state index in [0.717, 1.165) is 6.42 Å². The maximum absolute atomic E-state index is 6.48. The van der Waals surface area contributed by atoms with Crippen molar-refractivity contribution in [2.24, 2.45) is 11.1 Å². The van der Waals surface area contributed by atoms with E-state index in [1.54, 1.807) is 0 Å². The number of aryl methyl sites for hydroxylation is 2. The van der Waals surface area contributed by atoms with Gasteiger partial charge in [-0.2, -0.15) is 0 Å². The van der Waals surface area contributed by atoms with Crippen LogP contribution in [0.4, 0.5) is 0 Å². The number of nitrogens with two attached hydrogens (primary N) is 1. The van der Waals surface area contributed by atoms with Gasteiger partial charge in [-0.1, -0.05) is 38.0 Å². The molecule has 0 amide bonds. The van der Waals surface area contributed by atoms with E-state index in [-0.39, 0.29) is 0 Å². The second-order valence-electron chi connectivity index (χ2n) is 6.04. The summed E-state index contributed by atoms with van der Waals surface area (Å²) in [5.41, 5.74) is 11.1. The average Bonchev–Trinajstić information content (AvgIpc) is 2.72. The lowest BCUT2D eigenvalue weighted by Gasteiger charge is -2.32. The minimum atomic E-state index is 0.310. The zero-order valence-electron chi connectivity index (χ0n) is 11.4. The summed E-state index contributed by atoms with van der Waals surface area (Å²) in [6.45, 7) is 6.77. The van der Waals surface area contributed by atoms with Gasteiger partial charge >= 0.3 is 0 Å². The van der Waals surface area contributed by atoms with Crippen molar-refractivity contribution in [1.29, 1.82) is 0 Å². The summed E-state index contributed by atoms with van der Waals surface area (Å²) < 4.78 is 0. The van der Waals surface area contributed by atoms with E-state index in [9.17, 15) is 0 Å². The summed E-state index contributed by atoms with van der Waals surface area (Å²) in [5, 5.41) is 0. The molecule has 1 atom stereocenters. The van der Waals surface area contributed by atoms with Crippen molar-refractivity contribution in [2.75, 3.05) is 0 Å². The molecule has 1 aliphatic carbocycles. The Morgan fingerprint density at radius 1 is 1.18 bits per heavy atom. The van der Waals surface area contributed by atoms with Gasteiger partial charge in [0.15, 0.2) is 0 Å². The first-order valence-corrected chi connectivity index (χ1v) is 6.83. The molecule has 2 N–H and O–H groups in total.